The molecule has 1 heterocycles. The number of rotatable bonds is 3. The van der Waals surface area contributed by atoms with E-state index in [1.807, 2.05) is 0 Å². The molecule has 116 valence electrons. The Kier molecular flexibility index (Phi) is 4.20. The molecular weight excluding hydrogens is 297 g/mol. The average Bonchev–Trinajstić information content (AvgIpc) is 2.83. The molecule has 1 atom stereocenters. The first-order valence-electron chi connectivity index (χ1n) is 6.54. The number of hydrogen-bond acceptors (Lipinski definition) is 4. The Bertz CT molecular complexity index is 652. The highest BCUT2D eigenvalue weighted by atomic mass is 32.2. The molecule has 1 unspecified atom stereocenters. The van der Waals surface area contributed by atoms with E-state index in [1.54, 1.807) is 0 Å². The topological polar surface area (TPSA) is 92.5 Å². The van der Waals surface area contributed by atoms with Crippen LogP contribution in [0.2, 0.25) is 0 Å². The minimum absolute atomic E-state index is 0.0256. The van der Waals surface area contributed by atoms with Crippen molar-refractivity contribution < 1.29 is 17.6 Å². The first kappa shape index (κ1) is 15.7. The minimum atomic E-state index is -3.73. The maximum Gasteiger partial charge on any atom is 0.243 e. The van der Waals surface area contributed by atoms with Gasteiger partial charge in [0, 0.05) is 26.1 Å². The van der Waals surface area contributed by atoms with Gasteiger partial charge in [-0.05, 0) is 31.0 Å². The van der Waals surface area contributed by atoms with Gasteiger partial charge in [-0.25, -0.2) is 12.8 Å². The quantitative estimate of drug-likeness (QED) is 0.800. The number of nitrogens with zero attached hydrogens (tertiary/aromatic N) is 1. The van der Waals surface area contributed by atoms with Crippen molar-refractivity contribution in [3.8, 4) is 0 Å². The Labute approximate surface area is 123 Å². The smallest absolute Gasteiger partial charge is 0.243 e. The number of carbonyl (C=O) groups is 1. The van der Waals surface area contributed by atoms with Crippen LogP contribution >= 0.6 is 0 Å². The third kappa shape index (κ3) is 3.16. The maximum absolute atomic E-state index is 13.5. The second-order valence-electron chi connectivity index (χ2n) is 5.19. The zero-order valence-electron chi connectivity index (χ0n) is 11.9. The van der Waals surface area contributed by atoms with Gasteiger partial charge in [-0.2, -0.15) is 4.31 Å². The number of aryl methyl sites for hydroxylation is 1. The normalized spacial score (nSPS) is 19.7. The summed E-state index contributed by atoms with van der Waals surface area (Å²) in [5.74, 6) is -0.799. The predicted octanol–water partition coefficient (Wildman–Crippen LogP) is 0.615. The lowest BCUT2D eigenvalue weighted by Gasteiger charge is -2.18. The molecule has 21 heavy (non-hydrogen) atoms. The standard InChI is InChI=1S/C13H18FN3O3S/c1-8-5-11(6-12(15)13(8)14)21(19,20)17-4-3-10(7-17)16-9(2)18/h5-6,10H,3-4,7,15H2,1-2H3,(H,16,18). The minimum Gasteiger partial charge on any atom is -0.396 e. The van der Waals surface area contributed by atoms with Crippen LogP contribution in [-0.4, -0.2) is 37.8 Å². The first-order valence-corrected chi connectivity index (χ1v) is 7.98. The fourth-order valence-corrected chi connectivity index (χ4v) is 4.03. The van der Waals surface area contributed by atoms with Crippen LogP contribution in [0.15, 0.2) is 17.0 Å². The Morgan fingerprint density at radius 2 is 2.14 bits per heavy atom. The van der Waals surface area contributed by atoms with Crippen molar-refractivity contribution >= 4 is 21.6 Å². The second kappa shape index (κ2) is 5.61. The molecule has 8 heteroatoms. The predicted molar refractivity (Wildman–Crippen MR) is 76.5 cm³/mol. The van der Waals surface area contributed by atoms with Crippen molar-refractivity contribution in [2.75, 3.05) is 18.8 Å². The maximum atomic E-state index is 13.5. The van der Waals surface area contributed by atoms with Crippen LogP contribution in [0, 0.1) is 12.7 Å². The molecule has 1 aromatic carbocycles. The van der Waals surface area contributed by atoms with Gasteiger partial charge in [0.2, 0.25) is 15.9 Å². The van der Waals surface area contributed by atoms with Crippen LogP contribution in [-0.2, 0) is 14.8 Å². The molecule has 1 saturated heterocycles. The Balaban J connectivity index is 2.25. The summed E-state index contributed by atoms with van der Waals surface area (Å²) >= 11 is 0. The highest BCUT2D eigenvalue weighted by Gasteiger charge is 2.33. The number of nitrogens with one attached hydrogen (secondary N) is 1. The summed E-state index contributed by atoms with van der Waals surface area (Å²) in [5, 5.41) is 2.70. The van der Waals surface area contributed by atoms with Gasteiger partial charge in [0.15, 0.2) is 0 Å². The molecule has 1 aliphatic rings. The molecule has 1 fully saturated rings. The second-order valence-corrected chi connectivity index (χ2v) is 7.13. The average molecular weight is 315 g/mol. The third-order valence-electron chi connectivity index (χ3n) is 3.45. The number of sulfonamides is 1. The van der Waals surface area contributed by atoms with Gasteiger partial charge in [0.1, 0.15) is 5.82 Å². The van der Waals surface area contributed by atoms with E-state index in [4.69, 9.17) is 5.73 Å². The number of nitrogens with two attached hydrogens (primary N) is 1. The summed E-state index contributed by atoms with van der Waals surface area (Å²) < 4.78 is 39.8. The van der Waals surface area contributed by atoms with E-state index in [9.17, 15) is 17.6 Å². The molecule has 0 spiro atoms. The lowest BCUT2D eigenvalue weighted by molar-refractivity contribution is -0.119. The van der Waals surface area contributed by atoms with Crippen LogP contribution in [0.3, 0.4) is 0 Å². The fourth-order valence-electron chi connectivity index (χ4n) is 2.41. The number of nitrogen functional groups attached to an aromatic ring is 1. The summed E-state index contributed by atoms with van der Waals surface area (Å²) in [6.07, 6.45) is 0.550. The van der Waals surface area contributed by atoms with Crippen molar-refractivity contribution in [1.29, 1.82) is 0 Å². The molecule has 2 rings (SSSR count). The summed E-state index contributed by atoms with van der Waals surface area (Å²) in [7, 11) is -3.73. The van der Waals surface area contributed by atoms with Gasteiger partial charge in [-0.15, -0.1) is 0 Å². The lowest BCUT2D eigenvalue weighted by atomic mass is 10.2. The van der Waals surface area contributed by atoms with Gasteiger partial charge in [0.25, 0.3) is 0 Å². The molecule has 1 amide bonds. The highest BCUT2D eigenvalue weighted by molar-refractivity contribution is 7.89. The monoisotopic (exact) mass is 315 g/mol. The van der Waals surface area contributed by atoms with Gasteiger partial charge >= 0.3 is 0 Å². The van der Waals surface area contributed by atoms with Gasteiger partial charge in [0.05, 0.1) is 10.6 Å². The number of carbonyl (C=O) groups excluding carboxylic acids is 1. The summed E-state index contributed by atoms with van der Waals surface area (Å²) in [6.45, 7) is 3.37. The molecule has 0 saturated carbocycles. The molecule has 6 nitrogen and oxygen atoms in total. The Morgan fingerprint density at radius 1 is 1.48 bits per heavy atom. The van der Waals surface area contributed by atoms with E-state index < -0.39 is 15.8 Å². The zero-order valence-corrected chi connectivity index (χ0v) is 12.7. The SMILES string of the molecule is CC(=O)NC1CCN(S(=O)(=O)c2cc(C)c(F)c(N)c2)C1. The van der Waals surface area contributed by atoms with E-state index in [2.05, 4.69) is 5.32 Å². The van der Waals surface area contributed by atoms with E-state index in [-0.39, 0.29) is 34.6 Å². The summed E-state index contributed by atoms with van der Waals surface area (Å²) in [5.41, 5.74) is 5.49. The molecule has 0 aliphatic carbocycles. The fraction of sp³-hybridized carbons (Fsp3) is 0.462. The summed E-state index contributed by atoms with van der Waals surface area (Å²) in [4.78, 5) is 11.0. The molecule has 0 radical (unpaired) electrons. The van der Waals surface area contributed by atoms with Crippen LogP contribution in [0.1, 0.15) is 18.9 Å². The number of anilines is 1. The largest absolute Gasteiger partial charge is 0.396 e. The van der Waals surface area contributed by atoms with Crippen molar-refractivity contribution in [3.05, 3.63) is 23.5 Å². The van der Waals surface area contributed by atoms with Gasteiger partial charge in [-0.3, -0.25) is 4.79 Å². The van der Waals surface area contributed by atoms with Crippen molar-refractivity contribution in [2.24, 2.45) is 0 Å². The number of benzene rings is 1. The molecule has 0 aromatic heterocycles. The van der Waals surface area contributed by atoms with E-state index >= 15 is 0 Å². The molecule has 3 N–H and O–H groups in total. The van der Waals surface area contributed by atoms with Crippen molar-refractivity contribution in [1.82, 2.24) is 9.62 Å². The Hall–Kier alpha value is -1.67. The first-order chi connectivity index (χ1) is 9.71. The van der Waals surface area contributed by atoms with Crippen LogP contribution in [0.25, 0.3) is 0 Å². The number of amides is 1. The van der Waals surface area contributed by atoms with Crippen molar-refractivity contribution in [3.63, 3.8) is 0 Å². The third-order valence-corrected chi connectivity index (χ3v) is 5.30. The van der Waals surface area contributed by atoms with E-state index in [0.29, 0.717) is 13.0 Å². The van der Waals surface area contributed by atoms with Crippen molar-refractivity contribution in [2.45, 2.75) is 31.2 Å². The highest BCUT2D eigenvalue weighted by Crippen LogP contribution is 2.25. The van der Waals surface area contributed by atoms with Crippen LogP contribution in [0.4, 0.5) is 10.1 Å². The lowest BCUT2D eigenvalue weighted by Crippen LogP contribution is -2.37. The molecular formula is C13H18FN3O3S. The van der Waals surface area contributed by atoms with E-state index in [0.717, 1.165) is 6.07 Å². The van der Waals surface area contributed by atoms with Crippen LogP contribution < -0.4 is 11.1 Å². The van der Waals surface area contributed by atoms with Crippen LogP contribution in [0.5, 0.6) is 0 Å². The molecule has 1 aromatic rings. The number of hydrogen-bond donors (Lipinski definition) is 2. The Morgan fingerprint density at radius 3 is 2.71 bits per heavy atom. The van der Waals surface area contributed by atoms with E-state index in [1.165, 1.54) is 24.2 Å². The van der Waals surface area contributed by atoms with Gasteiger partial charge < -0.3 is 11.1 Å². The number of halogens is 1. The summed E-state index contributed by atoms with van der Waals surface area (Å²) in [6, 6.07) is 2.20. The zero-order chi connectivity index (χ0) is 15.8. The van der Waals surface area contributed by atoms with Gasteiger partial charge in [-0.1, -0.05) is 0 Å². The molecule has 0 bridgehead atoms. The molecule has 1 aliphatic heterocycles.